The van der Waals surface area contributed by atoms with Crippen LogP contribution in [0.15, 0.2) is 35.9 Å². The molecule has 0 bridgehead atoms. The Kier molecular flexibility index (Phi) is 5.06. The minimum Gasteiger partial charge on any atom is -0.297 e. The van der Waals surface area contributed by atoms with Gasteiger partial charge in [0.1, 0.15) is 0 Å². The first-order valence-electron chi connectivity index (χ1n) is 8.59. The van der Waals surface area contributed by atoms with Gasteiger partial charge in [-0.1, -0.05) is 55.7 Å². The number of nitrogens with one attached hydrogen (secondary N) is 1. The molecule has 0 radical (unpaired) electrons. The maximum absolute atomic E-state index is 13.0. The van der Waals surface area contributed by atoms with Crippen LogP contribution in [0.2, 0.25) is 0 Å². The highest BCUT2D eigenvalue weighted by Crippen LogP contribution is 2.26. The minimum absolute atomic E-state index is 0.0111. The van der Waals surface area contributed by atoms with Crippen molar-refractivity contribution < 1.29 is 4.79 Å². The molecule has 0 saturated heterocycles. The van der Waals surface area contributed by atoms with Crippen LogP contribution < -0.4 is 0 Å². The van der Waals surface area contributed by atoms with E-state index in [9.17, 15) is 4.79 Å². The monoisotopic (exact) mass is 308 g/mol. The Labute approximate surface area is 138 Å². The van der Waals surface area contributed by atoms with Crippen LogP contribution in [0.25, 0.3) is 12.2 Å². The molecule has 3 nitrogen and oxygen atoms in total. The zero-order valence-corrected chi connectivity index (χ0v) is 13.5. The normalized spacial score (nSPS) is 22.0. The summed E-state index contributed by atoms with van der Waals surface area (Å²) in [6.45, 7) is 0. The minimum atomic E-state index is 0.0111. The van der Waals surface area contributed by atoms with Crippen molar-refractivity contribution in [2.75, 3.05) is 0 Å². The molecular formula is C20H24N2O. The maximum atomic E-state index is 13.0. The van der Waals surface area contributed by atoms with Gasteiger partial charge in [-0.15, -0.1) is 0 Å². The number of carbonyl (C=O) groups excluding carboxylic acids is 1. The standard InChI is InChI=1S/C20H24N2O/c21-15-22(19-12-2-1-3-13-19)20(23)18-11-7-5-9-16-8-4-6-10-17(16)14-18/h4-6,8-10,14-15,19,21H,1-3,7,11-13H2/b9-5-,18-14+,21-15?. The second kappa shape index (κ2) is 7.40. The van der Waals surface area contributed by atoms with Crippen LogP contribution >= 0.6 is 0 Å². The fourth-order valence-corrected chi connectivity index (χ4v) is 3.53. The van der Waals surface area contributed by atoms with E-state index in [1.54, 1.807) is 4.90 Å². The van der Waals surface area contributed by atoms with Crippen LogP contribution in [-0.4, -0.2) is 23.2 Å². The van der Waals surface area contributed by atoms with Gasteiger partial charge in [0.25, 0.3) is 5.91 Å². The van der Waals surface area contributed by atoms with Crippen molar-refractivity contribution in [1.82, 2.24) is 4.90 Å². The number of fused-ring (bicyclic) bond motifs is 1. The Morgan fingerprint density at radius 1 is 1.13 bits per heavy atom. The highest BCUT2D eigenvalue weighted by Gasteiger charge is 2.26. The molecule has 120 valence electrons. The molecule has 1 fully saturated rings. The molecule has 1 aromatic carbocycles. The molecule has 23 heavy (non-hydrogen) atoms. The summed E-state index contributed by atoms with van der Waals surface area (Å²) in [4.78, 5) is 14.7. The lowest BCUT2D eigenvalue weighted by Gasteiger charge is -2.31. The predicted octanol–water partition coefficient (Wildman–Crippen LogP) is 4.65. The molecule has 1 N–H and O–H groups in total. The van der Waals surface area contributed by atoms with E-state index in [1.807, 2.05) is 24.3 Å². The summed E-state index contributed by atoms with van der Waals surface area (Å²) >= 11 is 0. The first-order valence-corrected chi connectivity index (χ1v) is 8.59. The van der Waals surface area contributed by atoms with Gasteiger partial charge >= 0.3 is 0 Å². The number of carbonyl (C=O) groups is 1. The van der Waals surface area contributed by atoms with E-state index in [-0.39, 0.29) is 11.9 Å². The molecule has 0 aliphatic heterocycles. The molecule has 0 atom stereocenters. The number of amides is 1. The van der Waals surface area contributed by atoms with Crippen LogP contribution in [0, 0.1) is 5.41 Å². The van der Waals surface area contributed by atoms with Crippen LogP contribution in [0.1, 0.15) is 56.1 Å². The number of nitrogens with zero attached hydrogens (tertiary/aromatic N) is 1. The third-order valence-corrected chi connectivity index (χ3v) is 4.82. The quantitative estimate of drug-likeness (QED) is 0.641. The van der Waals surface area contributed by atoms with E-state index >= 15 is 0 Å². The predicted molar refractivity (Wildman–Crippen MR) is 95.2 cm³/mol. The largest absolute Gasteiger partial charge is 0.297 e. The molecule has 1 amide bonds. The summed E-state index contributed by atoms with van der Waals surface area (Å²) in [6, 6.07) is 8.35. The number of allylic oxidation sites excluding steroid dienone is 1. The molecule has 0 unspecified atom stereocenters. The van der Waals surface area contributed by atoms with Gasteiger partial charge in [0, 0.05) is 11.6 Å². The van der Waals surface area contributed by atoms with Gasteiger partial charge < -0.3 is 0 Å². The fourth-order valence-electron chi connectivity index (χ4n) is 3.53. The molecular weight excluding hydrogens is 284 g/mol. The summed E-state index contributed by atoms with van der Waals surface area (Å²) in [6.07, 6.45) is 14.7. The summed E-state index contributed by atoms with van der Waals surface area (Å²) in [7, 11) is 0. The molecule has 3 heteroatoms. The smallest absolute Gasteiger partial charge is 0.255 e. The van der Waals surface area contributed by atoms with Crippen molar-refractivity contribution >= 4 is 24.4 Å². The van der Waals surface area contributed by atoms with Gasteiger partial charge in [0.05, 0.1) is 6.34 Å². The molecule has 3 rings (SSSR count). The molecule has 1 saturated carbocycles. The van der Waals surface area contributed by atoms with E-state index in [4.69, 9.17) is 5.41 Å². The SMILES string of the molecule is N=CN(C(=O)/C1=C/c2ccccc2/C=C\CC1)C1CCCCC1. The third-order valence-electron chi connectivity index (χ3n) is 4.82. The lowest BCUT2D eigenvalue weighted by Crippen LogP contribution is -2.41. The Morgan fingerprint density at radius 3 is 2.61 bits per heavy atom. The van der Waals surface area contributed by atoms with Crippen LogP contribution in [0.5, 0.6) is 0 Å². The number of hydrogen-bond donors (Lipinski definition) is 1. The molecule has 2 aliphatic carbocycles. The van der Waals surface area contributed by atoms with Crippen molar-refractivity contribution in [3.8, 4) is 0 Å². The summed E-state index contributed by atoms with van der Waals surface area (Å²) in [5.41, 5.74) is 3.05. The van der Waals surface area contributed by atoms with Crippen molar-refractivity contribution in [3.63, 3.8) is 0 Å². The van der Waals surface area contributed by atoms with Crippen LogP contribution in [-0.2, 0) is 4.79 Å². The second-order valence-corrected chi connectivity index (χ2v) is 6.37. The lowest BCUT2D eigenvalue weighted by molar-refractivity contribution is -0.125. The molecule has 0 heterocycles. The highest BCUT2D eigenvalue weighted by molar-refractivity contribution is 6.03. The van der Waals surface area contributed by atoms with Gasteiger partial charge in [-0.3, -0.25) is 15.1 Å². The van der Waals surface area contributed by atoms with Gasteiger partial charge in [-0.05, 0) is 42.9 Å². The van der Waals surface area contributed by atoms with E-state index in [0.29, 0.717) is 0 Å². The first kappa shape index (κ1) is 15.7. The average molecular weight is 308 g/mol. The average Bonchev–Trinajstić information content (AvgIpc) is 2.57. The molecule has 2 aliphatic rings. The zero-order valence-electron chi connectivity index (χ0n) is 13.5. The zero-order chi connectivity index (χ0) is 16.1. The third kappa shape index (κ3) is 3.61. The molecule has 1 aromatic rings. The van der Waals surface area contributed by atoms with Crippen molar-refractivity contribution in [3.05, 3.63) is 47.0 Å². The number of benzene rings is 1. The molecule has 0 aromatic heterocycles. The summed E-state index contributed by atoms with van der Waals surface area (Å²) < 4.78 is 0. The van der Waals surface area contributed by atoms with Gasteiger partial charge in [-0.25, -0.2) is 0 Å². The topological polar surface area (TPSA) is 44.2 Å². The number of rotatable bonds is 3. The van der Waals surface area contributed by atoms with Crippen LogP contribution in [0.3, 0.4) is 0 Å². The Morgan fingerprint density at radius 2 is 1.87 bits per heavy atom. The highest BCUT2D eigenvalue weighted by atomic mass is 16.2. The Bertz CT molecular complexity index is 639. The van der Waals surface area contributed by atoms with Gasteiger partial charge in [0.15, 0.2) is 0 Å². The number of hydrogen-bond acceptors (Lipinski definition) is 2. The first-order chi connectivity index (χ1) is 11.3. The van der Waals surface area contributed by atoms with E-state index in [0.717, 1.165) is 55.2 Å². The van der Waals surface area contributed by atoms with Gasteiger partial charge in [0.2, 0.25) is 0 Å². The molecule has 0 spiro atoms. The van der Waals surface area contributed by atoms with Crippen molar-refractivity contribution in [1.29, 1.82) is 5.41 Å². The van der Waals surface area contributed by atoms with Crippen molar-refractivity contribution in [2.45, 2.75) is 51.0 Å². The van der Waals surface area contributed by atoms with E-state index in [2.05, 4.69) is 18.2 Å². The van der Waals surface area contributed by atoms with E-state index in [1.165, 1.54) is 12.8 Å². The Balaban J connectivity index is 1.87. The van der Waals surface area contributed by atoms with Crippen molar-refractivity contribution in [2.24, 2.45) is 0 Å². The second-order valence-electron chi connectivity index (χ2n) is 6.37. The maximum Gasteiger partial charge on any atom is 0.255 e. The van der Waals surface area contributed by atoms with E-state index < -0.39 is 0 Å². The lowest BCUT2D eigenvalue weighted by atomic mass is 9.93. The van der Waals surface area contributed by atoms with Gasteiger partial charge in [-0.2, -0.15) is 0 Å². The Hall–Kier alpha value is -2.16. The fraction of sp³-hybridized carbons (Fsp3) is 0.400. The van der Waals surface area contributed by atoms with Crippen LogP contribution in [0.4, 0.5) is 0 Å². The summed E-state index contributed by atoms with van der Waals surface area (Å²) in [5, 5.41) is 7.73. The summed E-state index contributed by atoms with van der Waals surface area (Å²) in [5.74, 6) is 0.0111.